The Kier molecular flexibility index (Phi) is 10.6. The summed E-state index contributed by atoms with van der Waals surface area (Å²) >= 11 is 0. The van der Waals surface area contributed by atoms with Gasteiger partial charge in [0.05, 0.1) is 6.54 Å². The molecule has 0 N–H and O–H groups in total. The number of ether oxygens (including phenoxy) is 3. The molecule has 0 saturated heterocycles. The summed E-state index contributed by atoms with van der Waals surface area (Å²) < 4.78 is 22.3. The first-order valence-electron chi connectivity index (χ1n) is 14.1. The monoisotopic (exact) mass is 548 g/mol. The third kappa shape index (κ3) is 8.11. The van der Waals surface area contributed by atoms with Crippen LogP contribution in [0.25, 0.3) is 0 Å². The molecule has 1 aliphatic rings. The van der Waals surface area contributed by atoms with E-state index in [1.807, 2.05) is 68.4 Å². The zero-order chi connectivity index (χ0) is 28.3. The largest absolute Gasteiger partial charge is 0.464 e. The van der Waals surface area contributed by atoms with Gasteiger partial charge in [0.1, 0.15) is 18.1 Å². The number of furan rings is 1. The third-order valence-corrected chi connectivity index (χ3v) is 6.86. The number of hydrogen-bond donors (Lipinski definition) is 0. The van der Waals surface area contributed by atoms with Crippen LogP contribution in [0.3, 0.4) is 0 Å². The van der Waals surface area contributed by atoms with Crippen LogP contribution in [0.5, 0.6) is 11.5 Å². The number of hydrogen-bond acceptors (Lipinski definition) is 6. The van der Waals surface area contributed by atoms with Crippen molar-refractivity contribution in [3.8, 4) is 11.5 Å². The van der Waals surface area contributed by atoms with Gasteiger partial charge in [-0.1, -0.05) is 31.5 Å². The van der Waals surface area contributed by atoms with Gasteiger partial charge in [-0.2, -0.15) is 0 Å². The topological polar surface area (TPSA) is 81.5 Å². The molecular formula is C32H40N2O6. The van der Waals surface area contributed by atoms with E-state index in [1.165, 1.54) is 5.56 Å². The number of benzene rings is 2. The fourth-order valence-electron chi connectivity index (χ4n) is 4.65. The van der Waals surface area contributed by atoms with Gasteiger partial charge in [-0.3, -0.25) is 9.59 Å². The molecule has 0 spiro atoms. The minimum Gasteiger partial charge on any atom is -0.464 e. The maximum Gasteiger partial charge on any atom is 0.254 e. The Labute approximate surface area is 236 Å². The summed E-state index contributed by atoms with van der Waals surface area (Å²) in [6.07, 6.45) is 3.86. The number of carbonyl (C=O) groups is 2. The predicted octanol–water partition coefficient (Wildman–Crippen LogP) is 5.76. The van der Waals surface area contributed by atoms with Gasteiger partial charge < -0.3 is 28.4 Å². The van der Waals surface area contributed by atoms with E-state index in [0.717, 1.165) is 30.6 Å². The Morgan fingerprint density at radius 3 is 2.38 bits per heavy atom. The molecule has 1 aliphatic heterocycles. The smallest absolute Gasteiger partial charge is 0.254 e. The van der Waals surface area contributed by atoms with E-state index in [-0.39, 0.29) is 31.7 Å². The van der Waals surface area contributed by atoms with E-state index in [0.29, 0.717) is 55.5 Å². The lowest BCUT2D eigenvalue weighted by molar-refractivity contribution is -0.133. The normalized spacial score (nSPS) is 12.0. The fraction of sp³-hybridized carbons (Fsp3) is 0.438. The molecule has 40 heavy (non-hydrogen) atoms. The number of fused-ring (bicyclic) bond motifs is 1. The summed E-state index contributed by atoms with van der Waals surface area (Å²) in [6.45, 7) is 8.29. The zero-order valence-electron chi connectivity index (χ0n) is 23.8. The minimum atomic E-state index is -0.170. The molecule has 8 heteroatoms. The van der Waals surface area contributed by atoms with Crippen molar-refractivity contribution in [2.45, 2.75) is 59.5 Å². The Balaban J connectivity index is 1.52. The lowest BCUT2D eigenvalue weighted by Crippen LogP contribution is -2.43. The highest BCUT2D eigenvalue weighted by molar-refractivity contribution is 5.96. The first kappa shape index (κ1) is 29.2. The average Bonchev–Trinajstić information content (AvgIpc) is 3.61. The third-order valence-electron chi connectivity index (χ3n) is 6.86. The van der Waals surface area contributed by atoms with Crippen LogP contribution >= 0.6 is 0 Å². The zero-order valence-corrected chi connectivity index (χ0v) is 23.8. The molecule has 214 valence electrons. The molecule has 0 unspecified atom stereocenters. The summed E-state index contributed by atoms with van der Waals surface area (Å²) in [5, 5.41) is 0. The Morgan fingerprint density at radius 2 is 1.65 bits per heavy atom. The average molecular weight is 549 g/mol. The minimum absolute atomic E-state index is 0.0488. The maximum atomic E-state index is 13.8. The second-order valence-corrected chi connectivity index (χ2v) is 10.0. The first-order chi connectivity index (χ1) is 19.5. The van der Waals surface area contributed by atoms with E-state index >= 15 is 0 Å². The van der Waals surface area contributed by atoms with Crippen molar-refractivity contribution in [2.24, 2.45) is 0 Å². The molecule has 2 heterocycles. The van der Waals surface area contributed by atoms with Gasteiger partial charge in [-0.25, -0.2) is 0 Å². The SMILES string of the molecule is CCCCc1ccc(C(=O)N(CCCOCC)CC(=O)N(Cc2ccc3c(c2)OCO3)Cc2ccc(C)o2)cc1. The summed E-state index contributed by atoms with van der Waals surface area (Å²) in [7, 11) is 0. The Hall–Kier alpha value is -3.78. The van der Waals surface area contributed by atoms with Crippen molar-refractivity contribution in [3.63, 3.8) is 0 Å². The number of carbonyl (C=O) groups excluding carboxylic acids is 2. The number of amides is 2. The number of nitrogens with zero attached hydrogens (tertiary/aromatic N) is 2. The molecule has 0 aliphatic carbocycles. The van der Waals surface area contributed by atoms with E-state index in [4.69, 9.17) is 18.6 Å². The highest BCUT2D eigenvalue weighted by atomic mass is 16.7. The molecule has 0 fully saturated rings. The molecule has 8 nitrogen and oxygen atoms in total. The van der Waals surface area contributed by atoms with Crippen LogP contribution in [0.15, 0.2) is 59.0 Å². The van der Waals surface area contributed by atoms with Gasteiger partial charge in [0.2, 0.25) is 12.7 Å². The second-order valence-electron chi connectivity index (χ2n) is 10.0. The fourth-order valence-corrected chi connectivity index (χ4v) is 4.65. The van der Waals surface area contributed by atoms with Crippen LogP contribution < -0.4 is 9.47 Å². The van der Waals surface area contributed by atoms with E-state index < -0.39 is 0 Å². The van der Waals surface area contributed by atoms with E-state index in [2.05, 4.69) is 6.92 Å². The van der Waals surface area contributed by atoms with Crippen molar-refractivity contribution < 1.29 is 28.2 Å². The van der Waals surface area contributed by atoms with Crippen molar-refractivity contribution in [1.29, 1.82) is 0 Å². The van der Waals surface area contributed by atoms with Gasteiger partial charge in [-0.05, 0) is 80.6 Å². The molecular weight excluding hydrogens is 508 g/mol. The summed E-state index contributed by atoms with van der Waals surface area (Å²) in [5.74, 6) is 2.48. The summed E-state index contributed by atoms with van der Waals surface area (Å²) in [6, 6.07) is 17.2. The standard InChI is InChI=1S/C32H40N2O6/c1-4-6-8-25-10-13-27(14-11-25)32(36)33(17-7-18-37-5-2)22-31(35)34(21-28-15-9-24(3)40-28)20-26-12-16-29-30(19-26)39-23-38-29/h9-16,19H,4-8,17-18,20-23H2,1-3H3. The molecule has 2 amide bonds. The van der Waals surface area contributed by atoms with Crippen LogP contribution in [0.2, 0.25) is 0 Å². The lowest BCUT2D eigenvalue weighted by atomic mass is 10.1. The molecule has 4 rings (SSSR count). The number of rotatable bonds is 15. The Morgan fingerprint density at radius 1 is 0.875 bits per heavy atom. The van der Waals surface area contributed by atoms with Crippen LogP contribution in [-0.2, 0) is 29.0 Å². The predicted molar refractivity (Wildman–Crippen MR) is 152 cm³/mol. The van der Waals surface area contributed by atoms with Gasteiger partial charge in [0.15, 0.2) is 11.5 Å². The molecule has 0 saturated carbocycles. The molecule has 0 bridgehead atoms. The molecule has 1 aromatic heterocycles. The van der Waals surface area contributed by atoms with E-state index in [9.17, 15) is 9.59 Å². The molecule has 2 aromatic carbocycles. The van der Waals surface area contributed by atoms with Gasteiger partial charge in [0.25, 0.3) is 5.91 Å². The van der Waals surface area contributed by atoms with E-state index in [1.54, 1.807) is 9.80 Å². The maximum absolute atomic E-state index is 13.8. The number of aryl methyl sites for hydroxylation is 2. The van der Waals surface area contributed by atoms with Crippen molar-refractivity contribution in [2.75, 3.05) is 33.1 Å². The van der Waals surface area contributed by atoms with Crippen LogP contribution in [0, 0.1) is 6.92 Å². The molecule has 0 atom stereocenters. The van der Waals surface area contributed by atoms with Gasteiger partial charge in [-0.15, -0.1) is 0 Å². The summed E-state index contributed by atoms with van der Waals surface area (Å²) in [5.41, 5.74) is 2.69. The summed E-state index contributed by atoms with van der Waals surface area (Å²) in [4.78, 5) is 30.8. The lowest BCUT2D eigenvalue weighted by Gasteiger charge is -2.28. The van der Waals surface area contributed by atoms with Gasteiger partial charge >= 0.3 is 0 Å². The Bertz CT molecular complexity index is 1250. The highest BCUT2D eigenvalue weighted by Gasteiger charge is 2.24. The first-order valence-corrected chi connectivity index (χ1v) is 14.1. The van der Waals surface area contributed by atoms with Crippen LogP contribution in [0.1, 0.15) is 66.1 Å². The number of unbranched alkanes of at least 4 members (excludes halogenated alkanes) is 1. The highest BCUT2D eigenvalue weighted by Crippen LogP contribution is 2.33. The van der Waals surface area contributed by atoms with Crippen molar-refractivity contribution in [3.05, 3.63) is 82.8 Å². The van der Waals surface area contributed by atoms with Crippen molar-refractivity contribution in [1.82, 2.24) is 9.80 Å². The second kappa shape index (κ2) is 14.6. The molecule has 3 aromatic rings. The van der Waals surface area contributed by atoms with Crippen LogP contribution in [-0.4, -0.2) is 54.7 Å². The van der Waals surface area contributed by atoms with Gasteiger partial charge in [0, 0.05) is 31.9 Å². The quantitative estimate of drug-likeness (QED) is 0.225. The molecule has 0 radical (unpaired) electrons. The van der Waals surface area contributed by atoms with Crippen molar-refractivity contribution >= 4 is 11.8 Å². The van der Waals surface area contributed by atoms with Crippen LogP contribution in [0.4, 0.5) is 0 Å².